The van der Waals surface area contributed by atoms with Crippen molar-refractivity contribution in [1.29, 1.82) is 0 Å². The molecule has 0 aliphatic heterocycles. The van der Waals surface area contributed by atoms with Crippen LogP contribution in [0.5, 0.6) is 0 Å². The van der Waals surface area contributed by atoms with Crippen LogP contribution >= 0.6 is 0 Å². The second kappa shape index (κ2) is 7.55. The highest BCUT2D eigenvalue weighted by atomic mass is 16.6. The number of nitrogens with zero attached hydrogens (tertiary/aromatic N) is 4. The molecular weight excluding hydrogens is 244 g/mol. The largest absolute Gasteiger partial charge is 0.444 e. The van der Waals surface area contributed by atoms with Crippen LogP contribution in [0, 0.1) is 11.8 Å². The van der Waals surface area contributed by atoms with Gasteiger partial charge in [-0.05, 0) is 40.1 Å². The molecule has 0 saturated heterocycles. The van der Waals surface area contributed by atoms with Crippen LogP contribution < -0.4 is 0 Å². The van der Waals surface area contributed by atoms with Gasteiger partial charge in [0.25, 0.3) is 0 Å². The van der Waals surface area contributed by atoms with Gasteiger partial charge in [-0.25, -0.2) is 4.79 Å². The molecular formula is C13H22N4O2. The van der Waals surface area contributed by atoms with Crippen molar-refractivity contribution in [2.75, 3.05) is 6.54 Å². The SMILES string of the molecule is CC#CCN(C(=O)OC(C)(C)C)[C@H](C)[C@H](C)N=[N+]=[N-]. The molecule has 2 atom stereocenters. The van der Waals surface area contributed by atoms with Gasteiger partial charge in [-0.2, -0.15) is 0 Å². The first-order valence-corrected chi connectivity index (χ1v) is 6.16. The van der Waals surface area contributed by atoms with Gasteiger partial charge in [0.2, 0.25) is 0 Å². The molecule has 0 spiro atoms. The Morgan fingerprint density at radius 3 is 2.47 bits per heavy atom. The predicted octanol–water partition coefficient (Wildman–Crippen LogP) is 3.33. The van der Waals surface area contributed by atoms with E-state index in [0.29, 0.717) is 0 Å². The Morgan fingerprint density at radius 2 is 2.05 bits per heavy atom. The van der Waals surface area contributed by atoms with Crippen molar-refractivity contribution in [3.05, 3.63) is 10.4 Å². The number of hydrogen-bond donors (Lipinski definition) is 0. The highest BCUT2D eigenvalue weighted by Crippen LogP contribution is 2.14. The molecule has 0 fully saturated rings. The number of ether oxygens (including phenoxy) is 1. The number of hydrogen-bond acceptors (Lipinski definition) is 3. The van der Waals surface area contributed by atoms with Crippen LogP contribution in [0.4, 0.5) is 4.79 Å². The van der Waals surface area contributed by atoms with Gasteiger partial charge in [0.1, 0.15) is 5.60 Å². The highest BCUT2D eigenvalue weighted by Gasteiger charge is 2.27. The summed E-state index contributed by atoms with van der Waals surface area (Å²) < 4.78 is 5.33. The van der Waals surface area contributed by atoms with Crippen LogP contribution in [0.25, 0.3) is 10.4 Å². The summed E-state index contributed by atoms with van der Waals surface area (Å²) >= 11 is 0. The van der Waals surface area contributed by atoms with Crippen LogP contribution in [0.3, 0.4) is 0 Å². The lowest BCUT2D eigenvalue weighted by Crippen LogP contribution is -2.46. The molecule has 6 nitrogen and oxygen atoms in total. The normalized spacial score (nSPS) is 13.4. The summed E-state index contributed by atoms with van der Waals surface area (Å²) in [6.07, 6.45) is -0.456. The molecule has 0 aliphatic rings. The minimum absolute atomic E-state index is 0.248. The quantitative estimate of drug-likeness (QED) is 0.338. The van der Waals surface area contributed by atoms with Crippen molar-refractivity contribution < 1.29 is 9.53 Å². The Labute approximate surface area is 114 Å². The van der Waals surface area contributed by atoms with Gasteiger partial charge in [-0.15, -0.1) is 5.92 Å². The van der Waals surface area contributed by atoms with E-state index in [0.717, 1.165) is 0 Å². The Kier molecular flexibility index (Phi) is 6.81. The second-order valence-corrected chi connectivity index (χ2v) is 5.22. The van der Waals surface area contributed by atoms with E-state index < -0.39 is 11.7 Å². The van der Waals surface area contributed by atoms with E-state index in [1.165, 1.54) is 4.90 Å². The van der Waals surface area contributed by atoms with Gasteiger partial charge in [0, 0.05) is 11.0 Å². The van der Waals surface area contributed by atoms with Gasteiger partial charge < -0.3 is 4.74 Å². The van der Waals surface area contributed by atoms with Crippen LogP contribution in [-0.4, -0.2) is 35.2 Å². The molecule has 0 rings (SSSR count). The predicted molar refractivity (Wildman–Crippen MR) is 74.5 cm³/mol. The highest BCUT2D eigenvalue weighted by molar-refractivity contribution is 5.69. The van der Waals surface area contributed by atoms with E-state index in [2.05, 4.69) is 21.9 Å². The van der Waals surface area contributed by atoms with E-state index in [9.17, 15) is 4.79 Å². The third kappa shape index (κ3) is 6.58. The number of amides is 1. The first-order chi connectivity index (χ1) is 8.72. The van der Waals surface area contributed by atoms with Gasteiger partial charge in [-0.3, -0.25) is 4.90 Å². The maximum absolute atomic E-state index is 12.1. The molecule has 0 aliphatic carbocycles. The van der Waals surface area contributed by atoms with Gasteiger partial charge in [-0.1, -0.05) is 18.0 Å². The minimum atomic E-state index is -0.573. The lowest BCUT2D eigenvalue weighted by Gasteiger charge is -2.32. The molecule has 1 amide bonds. The molecule has 0 aromatic rings. The fourth-order valence-electron chi connectivity index (χ4n) is 1.30. The monoisotopic (exact) mass is 266 g/mol. The minimum Gasteiger partial charge on any atom is -0.444 e. The van der Waals surface area contributed by atoms with Crippen molar-refractivity contribution in [3.63, 3.8) is 0 Å². The van der Waals surface area contributed by atoms with E-state index >= 15 is 0 Å². The molecule has 0 unspecified atom stereocenters. The fourth-order valence-corrected chi connectivity index (χ4v) is 1.30. The Hall–Kier alpha value is -1.86. The second-order valence-electron chi connectivity index (χ2n) is 5.22. The molecule has 0 heterocycles. The zero-order valence-corrected chi connectivity index (χ0v) is 12.5. The number of carbonyl (C=O) groups excluding carboxylic acids is 1. The average Bonchev–Trinajstić information content (AvgIpc) is 2.27. The van der Waals surface area contributed by atoms with Crippen LogP contribution in [0.15, 0.2) is 5.11 Å². The smallest absolute Gasteiger partial charge is 0.411 e. The van der Waals surface area contributed by atoms with Crippen LogP contribution in [-0.2, 0) is 4.74 Å². The van der Waals surface area contributed by atoms with E-state index in [1.807, 2.05) is 0 Å². The van der Waals surface area contributed by atoms with Crippen molar-refractivity contribution in [3.8, 4) is 11.8 Å². The topological polar surface area (TPSA) is 78.3 Å². The Bertz CT molecular complexity index is 411. The lowest BCUT2D eigenvalue weighted by atomic mass is 10.1. The summed E-state index contributed by atoms with van der Waals surface area (Å²) in [7, 11) is 0. The average molecular weight is 266 g/mol. The third-order valence-corrected chi connectivity index (χ3v) is 2.48. The molecule has 0 aromatic heterocycles. The zero-order valence-electron chi connectivity index (χ0n) is 12.5. The first-order valence-electron chi connectivity index (χ1n) is 6.16. The van der Waals surface area contributed by atoms with Crippen LogP contribution in [0.2, 0.25) is 0 Å². The van der Waals surface area contributed by atoms with Crippen molar-refractivity contribution in [1.82, 2.24) is 4.90 Å². The standard InChI is InChI=1S/C13H22N4O2/c1-7-8-9-17(11(3)10(2)15-16-14)12(18)19-13(4,5)6/h10-11H,9H2,1-6H3/t10-,11+/m0/s1. The molecule has 0 N–H and O–H groups in total. The lowest BCUT2D eigenvalue weighted by molar-refractivity contribution is 0.0190. The summed E-state index contributed by atoms with van der Waals surface area (Å²) in [6, 6.07) is -0.636. The summed E-state index contributed by atoms with van der Waals surface area (Å²) in [5.41, 5.74) is 7.89. The third-order valence-electron chi connectivity index (χ3n) is 2.48. The summed E-state index contributed by atoms with van der Waals surface area (Å²) in [6.45, 7) is 10.9. The molecule has 6 heteroatoms. The van der Waals surface area contributed by atoms with Gasteiger partial charge in [0.05, 0.1) is 12.6 Å². The van der Waals surface area contributed by atoms with E-state index in [1.54, 1.807) is 41.5 Å². The van der Waals surface area contributed by atoms with Gasteiger partial charge in [0.15, 0.2) is 0 Å². The first kappa shape index (κ1) is 17.1. The molecule has 19 heavy (non-hydrogen) atoms. The maximum atomic E-state index is 12.1. The van der Waals surface area contributed by atoms with E-state index in [4.69, 9.17) is 10.3 Å². The van der Waals surface area contributed by atoms with Crippen molar-refractivity contribution >= 4 is 6.09 Å². The zero-order chi connectivity index (χ0) is 15.1. The molecule has 0 aromatic carbocycles. The molecule has 0 radical (unpaired) electrons. The van der Waals surface area contributed by atoms with Crippen molar-refractivity contribution in [2.24, 2.45) is 5.11 Å². The van der Waals surface area contributed by atoms with Crippen molar-refractivity contribution in [2.45, 2.75) is 59.2 Å². The summed E-state index contributed by atoms with van der Waals surface area (Å²) in [5, 5.41) is 3.62. The Morgan fingerprint density at radius 1 is 1.47 bits per heavy atom. The number of carbonyl (C=O) groups is 1. The number of rotatable bonds is 4. The Balaban J connectivity index is 5.02. The van der Waals surface area contributed by atoms with Crippen LogP contribution in [0.1, 0.15) is 41.5 Å². The maximum Gasteiger partial charge on any atom is 0.411 e. The van der Waals surface area contributed by atoms with Gasteiger partial charge >= 0.3 is 6.09 Å². The molecule has 0 saturated carbocycles. The molecule has 106 valence electrons. The fraction of sp³-hybridized carbons (Fsp3) is 0.769. The summed E-state index contributed by atoms with van der Waals surface area (Å²) in [5.74, 6) is 5.57. The molecule has 0 bridgehead atoms. The summed E-state index contributed by atoms with van der Waals surface area (Å²) in [4.78, 5) is 16.4. The number of azide groups is 1. The van der Waals surface area contributed by atoms with E-state index in [-0.39, 0.29) is 18.6 Å².